The number of hydrogen-bond donors (Lipinski definition) is 1. The first kappa shape index (κ1) is 30.5. The predicted molar refractivity (Wildman–Crippen MR) is 158 cm³/mol. The van der Waals surface area contributed by atoms with Gasteiger partial charge in [0.1, 0.15) is 12.6 Å². The Kier molecular flexibility index (Phi) is 10.4. The van der Waals surface area contributed by atoms with Crippen molar-refractivity contribution >= 4 is 50.7 Å². The van der Waals surface area contributed by atoms with Gasteiger partial charge in [0.2, 0.25) is 21.8 Å². The third-order valence-electron chi connectivity index (χ3n) is 6.06. The van der Waals surface area contributed by atoms with Crippen LogP contribution in [0.5, 0.6) is 0 Å². The van der Waals surface area contributed by atoms with Crippen LogP contribution < -0.4 is 9.62 Å². The van der Waals surface area contributed by atoms with Gasteiger partial charge in [0.05, 0.1) is 11.9 Å². The van der Waals surface area contributed by atoms with Gasteiger partial charge in [0.25, 0.3) is 0 Å². The van der Waals surface area contributed by atoms with E-state index in [1.54, 1.807) is 36.4 Å². The zero-order valence-electron chi connectivity index (χ0n) is 22.4. The van der Waals surface area contributed by atoms with Crippen LogP contribution in [0.2, 0.25) is 10.0 Å². The molecular formula is C29H33Cl2N3O4S. The van der Waals surface area contributed by atoms with E-state index in [0.29, 0.717) is 21.3 Å². The van der Waals surface area contributed by atoms with Gasteiger partial charge < -0.3 is 10.2 Å². The molecule has 208 valence electrons. The molecule has 0 aromatic heterocycles. The van der Waals surface area contributed by atoms with Crippen molar-refractivity contribution in [1.82, 2.24) is 10.2 Å². The number of halogens is 2. The van der Waals surface area contributed by atoms with E-state index >= 15 is 0 Å². The number of carbonyl (C=O) groups excluding carboxylic acids is 2. The summed E-state index contributed by atoms with van der Waals surface area (Å²) >= 11 is 12.9. The highest BCUT2D eigenvalue weighted by Gasteiger charge is 2.34. The van der Waals surface area contributed by atoms with Gasteiger partial charge in [-0.15, -0.1) is 0 Å². The normalized spacial score (nSPS) is 12.2. The summed E-state index contributed by atoms with van der Waals surface area (Å²) in [6.07, 6.45) is 1.25. The van der Waals surface area contributed by atoms with Gasteiger partial charge in [-0.1, -0.05) is 71.7 Å². The lowest BCUT2D eigenvalue weighted by Crippen LogP contribution is -2.54. The number of amides is 2. The van der Waals surface area contributed by atoms with E-state index in [9.17, 15) is 18.0 Å². The van der Waals surface area contributed by atoms with Crippen molar-refractivity contribution in [2.75, 3.05) is 17.1 Å². The molecule has 7 nitrogen and oxygen atoms in total. The lowest BCUT2D eigenvalue weighted by atomic mass is 10.0. The Labute approximate surface area is 240 Å². The number of aryl methyl sites for hydroxylation is 1. The molecule has 0 radical (unpaired) electrons. The topological polar surface area (TPSA) is 86.8 Å². The van der Waals surface area contributed by atoms with Gasteiger partial charge in [-0.2, -0.15) is 0 Å². The number of rotatable bonds is 11. The highest BCUT2D eigenvalue weighted by molar-refractivity contribution is 7.92. The number of carbonyl (C=O) groups is 2. The van der Waals surface area contributed by atoms with Crippen LogP contribution in [0.1, 0.15) is 30.5 Å². The summed E-state index contributed by atoms with van der Waals surface area (Å²) in [7, 11) is -3.84. The van der Waals surface area contributed by atoms with Gasteiger partial charge in [-0.3, -0.25) is 13.9 Å². The van der Waals surface area contributed by atoms with Crippen LogP contribution in [0.3, 0.4) is 0 Å². The lowest BCUT2D eigenvalue weighted by Gasteiger charge is -2.34. The van der Waals surface area contributed by atoms with Gasteiger partial charge in [0, 0.05) is 34.6 Å². The molecule has 0 heterocycles. The second-order valence-corrected chi connectivity index (χ2v) is 12.4. The molecule has 0 saturated heterocycles. The van der Waals surface area contributed by atoms with Crippen molar-refractivity contribution in [2.45, 2.75) is 45.8 Å². The van der Waals surface area contributed by atoms with Crippen LogP contribution in [0.4, 0.5) is 5.69 Å². The van der Waals surface area contributed by atoms with Crippen molar-refractivity contribution in [3.63, 3.8) is 0 Å². The number of hydrogen-bond acceptors (Lipinski definition) is 4. The van der Waals surface area contributed by atoms with E-state index < -0.39 is 28.5 Å². The molecule has 3 rings (SSSR count). The monoisotopic (exact) mass is 589 g/mol. The quantitative estimate of drug-likeness (QED) is 0.331. The Hall–Kier alpha value is -3.07. The van der Waals surface area contributed by atoms with Gasteiger partial charge >= 0.3 is 0 Å². The molecule has 0 aliphatic rings. The maximum Gasteiger partial charge on any atom is 0.244 e. The van der Waals surface area contributed by atoms with Gasteiger partial charge in [-0.05, 0) is 56.2 Å². The van der Waals surface area contributed by atoms with Crippen molar-refractivity contribution < 1.29 is 18.0 Å². The number of benzene rings is 3. The summed E-state index contributed by atoms with van der Waals surface area (Å²) < 4.78 is 26.7. The van der Waals surface area contributed by atoms with Gasteiger partial charge in [0.15, 0.2) is 0 Å². The number of nitrogens with zero attached hydrogens (tertiary/aromatic N) is 2. The van der Waals surface area contributed by atoms with Crippen LogP contribution in [0, 0.1) is 6.92 Å². The Morgan fingerprint density at radius 1 is 0.923 bits per heavy atom. The minimum absolute atomic E-state index is 0.0915. The molecule has 0 unspecified atom stereocenters. The summed E-state index contributed by atoms with van der Waals surface area (Å²) in [5.74, 6) is -0.940. The molecule has 0 aliphatic heterocycles. The molecular weight excluding hydrogens is 557 g/mol. The zero-order valence-corrected chi connectivity index (χ0v) is 24.7. The third kappa shape index (κ3) is 8.46. The fourth-order valence-electron chi connectivity index (χ4n) is 4.19. The summed E-state index contributed by atoms with van der Waals surface area (Å²) in [6.45, 7) is 4.90. The lowest BCUT2D eigenvalue weighted by molar-refractivity contribution is -0.140. The minimum Gasteiger partial charge on any atom is -0.352 e. The molecule has 3 aromatic carbocycles. The molecule has 3 aromatic rings. The minimum atomic E-state index is -3.84. The van der Waals surface area contributed by atoms with Crippen molar-refractivity contribution in [2.24, 2.45) is 0 Å². The molecule has 0 saturated carbocycles. The summed E-state index contributed by atoms with van der Waals surface area (Å²) in [5, 5.41) is 3.58. The molecule has 39 heavy (non-hydrogen) atoms. The first-order chi connectivity index (χ1) is 18.4. The average Bonchev–Trinajstić information content (AvgIpc) is 2.85. The Morgan fingerprint density at radius 2 is 1.54 bits per heavy atom. The van der Waals surface area contributed by atoms with Crippen molar-refractivity contribution in [3.8, 4) is 0 Å². The summed E-state index contributed by atoms with van der Waals surface area (Å²) in [4.78, 5) is 29.0. The van der Waals surface area contributed by atoms with Crippen LogP contribution in [0.15, 0.2) is 72.8 Å². The van der Waals surface area contributed by atoms with Gasteiger partial charge in [-0.25, -0.2) is 8.42 Å². The molecule has 1 N–H and O–H groups in total. The van der Waals surface area contributed by atoms with Crippen molar-refractivity contribution in [3.05, 3.63) is 99.5 Å². The van der Waals surface area contributed by atoms with E-state index in [0.717, 1.165) is 21.7 Å². The highest BCUT2D eigenvalue weighted by Crippen LogP contribution is 2.28. The molecule has 0 spiro atoms. The Bertz CT molecular complexity index is 1390. The van der Waals surface area contributed by atoms with Crippen LogP contribution in [-0.4, -0.2) is 50.0 Å². The maximum atomic E-state index is 14.1. The molecule has 1 atom stereocenters. The SMILES string of the molecule is Cc1cccc(N(CC(=O)N(Cc2c(Cl)cccc2Cl)[C@@H](Cc2ccccc2)C(=O)NC(C)C)S(C)(=O)=O)c1. The second kappa shape index (κ2) is 13.3. The van der Waals surface area contributed by atoms with Crippen LogP contribution in [0.25, 0.3) is 0 Å². The predicted octanol–water partition coefficient (Wildman–Crippen LogP) is 5.23. The number of nitrogens with one attached hydrogen (secondary N) is 1. The summed E-state index contributed by atoms with van der Waals surface area (Å²) in [6, 6.07) is 20.0. The fraction of sp³-hybridized carbons (Fsp3) is 0.310. The van der Waals surface area contributed by atoms with Crippen molar-refractivity contribution in [1.29, 1.82) is 0 Å². The standard InChI is InChI=1S/C29H33Cl2N3O4S/c1-20(2)32-29(36)27(17-22-11-6-5-7-12-22)33(18-24-25(30)14-9-15-26(24)31)28(35)19-34(39(4,37)38)23-13-8-10-21(3)16-23/h5-16,20,27H,17-19H2,1-4H3,(H,32,36)/t27-/m0/s1. The molecule has 0 aliphatic carbocycles. The van der Waals surface area contributed by atoms with E-state index in [4.69, 9.17) is 23.2 Å². The first-order valence-corrected chi connectivity index (χ1v) is 15.1. The number of anilines is 1. The van der Waals surface area contributed by atoms with E-state index in [1.807, 2.05) is 57.2 Å². The zero-order chi connectivity index (χ0) is 28.7. The maximum absolute atomic E-state index is 14.1. The second-order valence-electron chi connectivity index (χ2n) is 9.70. The number of sulfonamides is 1. The highest BCUT2D eigenvalue weighted by atomic mass is 35.5. The van der Waals surface area contributed by atoms with Crippen LogP contribution in [-0.2, 0) is 32.6 Å². The molecule has 0 fully saturated rings. The fourth-order valence-corrected chi connectivity index (χ4v) is 5.54. The molecule has 10 heteroatoms. The summed E-state index contributed by atoms with van der Waals surface area (Å²) in [5.41, 5.74) is 2.49. The Morgan fingerprint density at radius 3 is 2.10 bits per heavy atom. The largest absolute Gasteiger partial charge is 0.352 e. The van der Waals surface area contributed by atoms with E-state index in [-0.39, 0.29) is 24.9 Å². The van der Waals surface area contributed by atoms with E-state index in [1.165, 1.54) is 4.90 Å². The van der Waals surface area contributed by atoms with E-state index in [2.05, 4.69) is 5.32 Å². The third-order valence-corrected chi connectivity index (χ3v) is 7.91. The molecule has 2 amide bonds. The smallest absolute Gasteiger partial charge is 0.244 e. The molecule has 0 bridgehead atoms. The van der Waals surface area contributed by atoms with Crippen LogP contribution >= 0.6 is 23.2 Å². The Balaban J connectivity index is 2.10. The average molecular weight is 591 g/mol. The first-order valence-electron chi connectivity index (χ1n) is 12.5.